The van der Waals surface area contributed by atoms with Gasteiger partial charge in [-0.05, 0) is 18.6 Å². The average molecular weight is 312 g/mol. The van der Waals surface area contributed by atoms with Crippen molar-refractivity contribution in [1.82, 2.24) is 4.90 Å². The fourth-order valence-corrected chi connectivity index (χ4v) is 2.02. The molecule has 1 rings (SSSR count). The molecule has 122 valence electrons. The maximum Gasteiger partial charge on any atom is 0.226 e. The molecule has 22 heavy (non-hydrogen) atoms. The van der Waals surface area contributed by atoms with Gasteiger partial charge in [0.2, 0.25) is 11.8 Å². The topological polar surface area (TPSA) is 49.4 Å². The van der Waals surface area contributed by atoms with Crippen molar-refractivity contribution < 1.29 is 18.4 Å². The molecule has 0 aromatic heterocycles. The monoisotopic (exact) mass is 312 g/mol. The second-order valence-electron chi connectivity index (χ2n) is 5.14. The molecular formula is C16H22F2N2O2. The highest BCUT2D eigenvalue weighted by molar-refractivity contribution is 5.91. The molecule has 4 nitrogen and oxygen atoms in total. The van der Waals surface area contributed by atoms with E-state index >= 15 is 0 Å². The first-order chi connectivity index (χ1) is 10.4. The minimum Gasteiger partial charge on any atom is -0.342 e. The van der Waals surface area contributed by atoms with Crippen molar-refractivity contribution in [2.75, 3.05) is 18.4 Å². The second kappa shape index (κ2) is 9.12. The standard InChI is InChI=1S/C16H22F2N2O2/c1-3-4-5-9-20(12(2)21)10-8-16(22)19-15-7-6-13(17)11-14(15)18/h6-7,11H,3-5,8-10H2,1-2H3,(H,19,22). The zero-order valence-corrected chi connectivity index (χ0v) is 13.0. The fourth-order valence-electron chi connectivity index (χ4n) is 2.02. The number of benzene rings is 1. The Kier molecular flexibility index (Phi) is 7.49. The van der Waals surface area contributed by atoms with E-state index in [-0.39, 0.29) is 24.6 Å². The van der Waals surface area contributed by atoms with Crippen molar-refractivity contribution in [1.29, 1.82) is 0 Å². The van der Waals surface area contributed by atoms with Crippen molar-refractivity contribution in [2.24, 2.45) is 0 Å². The highest BCUT2D eigenvalue weighted by Gasteiger charge is 2.12. The van der Waals surface area contributed by atoms with E-state index in [1.807, 2.05) is 0 Å². The summed E-state index contributed by atoms with van der Waals surface area (Å²) < 4.78 is 26.2. The minimum atomic E-state index is -0.820. The van der Waals surface area contributed by atoms with E-state index in [2.05, 4.69) is 12.2 Å². The molecule has 0 aliphatic rings. The number of hydrogen-bond acceptors (Lipinski definition) is 2. The first kappa shape index (κ1) is 18.1. The molecule has 0 spiro atoms. The third-order valence-electron chi connectivity index (χ3n) is 3.29. The summed E-state index contributed by atoms with van der Waals surface area (Å²) in [5.74, 6) is -2.02. The Morgan fingerprint density at radius 2 is 1.91 bits per heavy atom. The number of unbranched alkanes of at least 4 members (excludes halogenated alkanes) is 2. The van der Waals surface area contributed by atoms with Gasteiger partial charge >= 0.3 is 0 Å². The number of halogens is 2. The van der Waals surface area contributed by atoms with E-state index in [0.717, 1.165) is 25.3 Å². The zero-order chi connectivity index (χ0) is 16.5. The largest absolute Gasteiger partial charge is 0.342 e. The van der Waals surface area contributed by atoms with E-state index in [1.165, 1.54) is 13.0 Å². The number of nitrogens with zero attached hydrogens (tertiary/aromatic N) is 1. The highest BCUT2D eigenvalue weighted by atomic mass is 19.1. The van der Waals surface area contributed by atoms with Crippen LogP contribution < -0.4 is 5.32 Å². The van der Waals surface area contributed by atoms with Crippen molar-refractivity contribution in [3.8, 4) is 0 Å². The van der Waals surface area contributed by atoms with Crippen molar-refractivity contribution in [3.63, 3.8) is 0 Å². The highest BCUT2D eigenvalue weighted by Crippen LogP contribution is 2.15. The molecule has 2 amide bonds. The number of rotatable bonds is 8. The molecule has 1 aromatic rings. The van der Waals surface area contributed by atoms with Gasteiger partial charge < -0.3 is 10.2 Å². The fraction of sp³-hybridized carbons (Fsp3) is 0.500. The Balaban J connectivity index is 2.47. The third kappa shape index (κ3) is 6.20. The normalized spacial score (nSPS) is 10.4. The zero-order valence-electron chi connectivity index (χ0n) is 13.0. The Hall–Kier alpha value is -1.98. The molecule has 0 aliphatic heterocycles. The number of anilines is 1. The molecule has 1 aromatic carbocycles. The summed E-state index contributed by atoms with van der Waals surface area (Å²) in [6, 6.07) is 2.96. The number of carbonyl (C=O) groups is 2. The van der Waals surface area contributed by atoms with E-state index in [4.69, 9.17) is 0 Å². The van der Waals surface area contributed by atoms with E-state index < -0.39 is 17.5 Å². The second-order valence-corrected chi connectivity index (χ2v) is 5.14. The van der Waals surface area contributed by atoms with Crippen LogP contribution in [-0.4, -0.2) is 29.8 Å². The minimum absolute atomic E-state index is 0.0632. The van der Waals surface area contributed by atoms with E-state index in [1.54, 1.807) is 4.90 Å². The van der Waals surface area contributed by atoms with Crippen LogP contribution in [0.1, 0.15) is 39.5 Å². The van der Waals surface area contributed by atoms with Gasteiger partial charge in [0, 0.05) is 32.5 Å². The van der Waals surface area contributed by atoms with Gasteiger partial charge in [0.1, 0.15) is 11.6 Å². The van der Waals surface area contributed by atoms with Gasteiger partial charge in [-0.3, -0.25) is 9.59 Å². The van der Waals surface area contributed by atoms with Crippen LogP contribution >= 0.6 is 0 Å². The lowest BCUT2D eigenvalue weighted by molar-refractivity contribution is -0.129. The molecule has 1 N–H and O–H groups in total. The van der Waals surface area contributed by atoms with Crippen LogP contribution in [0.25, 0.3) is 0 Å². The Morgan fingerprint density at radius 3 is 2.50 bits per heavy atom. The average Bonchev–Trinajstić information content (AvgIpc) is 2.45. The maximum absolute atomic E-state index is 13.4. The van der Waals surface area contributed by atoms with Gasteiger partial charge in [-0.25, -0.2) is 8.78 Å². The lowest BCUT2D eigenvalue weighted by atomic mass is 10.2. The Labute approximate surface area is 129 Å². The van der Waals surface area contributed by atoms with Gasteiger partial charge in [-0.2, -0.15) is 0 Å². The van der Waals surface area contributed by atoms with Gasteiger partial charge in [-0.1, -0.05) is 19.8 Å². The SMILES string of the molecule is CCCCCN(CCC(=O)Nc1ccc(F)cc1F)C(C)=O. The number of carbonyl (C=O) groups excluding carboxylic acids is 2. The molecule has 0 atom stereocenters. The molecule has 0 saturated heterocycles. The summed E-state index contributed by atoms with van der Waals surface area (Å²) >= 11 is 0. The Morgan fingerprint density at radius 1 is 1.18 bits per heavy atom. The van der Waals surface area contributed by atoms with Gasteiger partial charge in [-0.15, -0.1) is 0 Å². The van der Waals surface area contributed by atoms with Crippen LogP contribution in [0.5, 0.6) is 0 Å². The van der Waals surface area contributed by atoms with Crippen LogP contribution in [0, 0.1) is 11.6 Å². The summed E-state index contributed by atoms with van der Waals surface area (Å²) in [5.41, 5.74) is -0.0632. The van der Waals surface area contributed by atoms with Crippen LogP contribution in [0.15, 0.2) is 18.2 Å². The first-order valence-corrected chi connectivity index (χ1v) is 7.44. The molecule has 0 unspecified atom stereocenters. The van der Waals surface area contributed by atoms with Gasteiger partial charge in [0.15, 0.2) is 0 Å². The smallest absolute Gasteiger partial charge is 0.226 e. The lowest BCUT2D eigenvalue weighted by Gasteiger charge is -2.20. The Bertz CT molecular complexity index is 521. The summed E-state index contributed by atoms with van der Waals surface area (Å²) in [7, 11) is 0. The van der Waals surface area contributed by atoms with Crippen LogP contribution in [0.3, 0.4) is 0 Å². The molecule has 0 radical (unpaired) electrons. The lowest BCUT2D eigenvalue weighted by Crippen LogP contribution is -2.33. The summed E-state index contributed by atoms with van der Waals surface area (Å²) in [6.45, 7) is 4.43. The molecular weight excluding hydrogens is 290 g/mol. The summed E-state index contributed by atoms with van der Waals surface area (Å²) in [4.78, 5) is 24.9. The van der Waals surface area contributed by atoms with Crippen molar-refractivity contribution in [2.45, 2.75) is 39.5 Å². The predicted molar refractivity (Wildman–Crippen MR) is 81.4 cm³/mol. The molecule has 0 fully saturated rings. The number of hydrogen-bond donors (Lipinski definition) is 1. The van der Waals surface area contributed by atoms with Crippen LogP contribution in [0.2, 0.25) is 0 Å². The molecule has 0 heterocycles. The van der Waals surface area contributed by atoms with Gasteiger partial charge in [0.05, 0.1) is 5.69 Å². The van der Waals surface area contributed by atoms with E-state index in [0.29, 0.717) is 12.6 Å². The third-order valence-corrected chi connectivity index (χ3v) is 3.29. The molecule has 0 saturated carbocycles. The number of nitrogens with one attached hydrogen (secondary N) is 1. The summed E-state index contributed by atoms with van der Waals surface area (Å²) in [6.07, 6.45) is 3.04. The number of amides is 2. The molecule has 0 bridgehead atoms. The van der Waals surface area contributed by atoms with Crippen molar-refractivity contribution in [3.05, 3.63) is 29.8 Å². The maximum atomic E-state index is 13.4. The molecule has 6 heteroatoms. The predicted octanol–water partition coefficient (Wildman–Crippen LogP) is 3.33. The van der Waals surface area contributed by atoms with Crippen LogP contribution in [-0.2, 0) is 9.59 Å². The quantitative estimate of drug-likeness (QED) is 0.749. The first-order valence-electron chi connectivity index (χ1n) is 7.44. The van der Waals surface area contributed by atoms with Crippen LogP contribution in [0.4, 0.5) is 14.5 Å². The van der Waals surface area contributed by atoms with Gasteiger partial charge in [0.25, 0.3) is 0 Å². The van der Waals surface area contributed by atoms with E-state index in [9.17, 15) is 18.4 Å². The van der Waals surface area contributed by atoms with Crippen molar-refractivity contribution >= 4 is 17.5 Å². The molecule has 0 aliphatic carbocycles. The summed E-state index contributed by atoms with van der Waals surface area (Å²) in [5, 5.41) is 2.38.